The van der Waals surface area contributed by atoms with Gasteiger partial charge in [-0.25, -0.2) is 0 Å². The summed E-state index contributed by atoms with van der Waals surface area (Å²) < 4.78 is 1.99. The number of anilines is 2. The van der Waals surface area contributed by atoms with Crippen molar-refractivity contribution in [3.63, 3.8) is 0 Å². The number of hydrogen-bond donors (Lipinski definition) is 1. The predicted octanol–water partition coefficient (Wildman–Crippen LogP) is 3.63. The van der Waals surface area contributed by atoms with Crippen LogP contribution in [0.25, 0.3) is 0 Å². The topological polar surface area (TPSA) is 33.1 Å². The molecule has 1 aliphatic carbocycles. The molecule has 0 aliphatic heterocycles. The largest absolute Gasteiger partial charge is 0.378 e. The minimum atomic E-state index is 0.323. The molecule has 1 aromatic heterocycles. The van der Waals surface area contributed by atoms with Crippen LogP contribution >= 0.6 is 11.6 Å². The molecule has 0 radical (unpaired) electrons. The van der Waals surface area contributed by atoms with Gasteiger partial charge in [0, 0.05) is 38.1 Å². The molecule has 4 nitrogen and oxygen atoms in total. The molecular formula is C16H21ClN4. The first-order valence-electron chi connectivity index (χ1n) is 7.30. The van der Waals surface area contributed by atoms with Gasteiger partial charge in [0.15, 0.2) is 0 Å². The van der Waals surface area contributed by atoms with E-state index in [0.29, 0.717) is 6.04 Å². The number of rotatable bonds is 3. The van der Waals surface area contributed by atoms with Crippen molar-refractivity contribution in [2.75, 3.05) is 24.3 Å². The van der Waals surface area contributed by atoms with Gasteiger partial charge in [0.1, 0.15) is 0 Å². The second-order valence-electron chi connectivity index (χ2n) is 5.82. The summed E-state index contributed by atoms with van der Waals surface area (Å²) in [6.45, 7) is 0. The Labute approximate surface area is 130 Å². The Balaban J connectivity index is 1.83. The lowest BCUT2D eigenvalue weighted by Gasteiger charge is -2.25. The lowest BCUT2D eigenvalue weighted by atomic mass is 9.93. The van der Waals surface area contributed by atoms with Crippen molar-refractivity contribution in [1.29, 1.82) is 0 Å². The predicted molar refractivity (Wildman–Crippen MR) is 88.3 cm³/mol. The maximum atomic E-state index is 6.35. The number of nitrogens with zero attached hydrogens (tertiary/aromatic N) is 3. The minimum absolute atomic E-state index is 0.323. The van der Waals surface area contributed by atoms with Gasteiger partial charge in [0.25, 0.3) is 0 Å². The Morgan fingerprint density at radius 3 is 2.90 bits per heavy atom. The zero-order chi connectivity index (χ0) is 15.0. The molecule has 1 heterocycles. The third kappa shape index (κ3) is 2.72. The first-order valence-corrected chi connectivity index (χ1v) is 7.68. The Hall–Kier alpha value is -1.68. The Morgan fingerprint density at radius 1 is 1.38 bits per heavy atom. The SMILES string of the molecule is CN(C)c1ccc(NC2CCCc3c2cnn3C)cc1Cl. The molecule has 0 saturated carbocycles. The zero-order valence-electron chi connectivity index (χ0n) is 12.7. The lowest BCUT2D eigenvalue weighted by Crippen LogP contribution is -2.18. The van der Waals surface area contributed by atoms with Crippen molar-refractivity contribution in [2.24, 2.45) is 7.05 Å². The van der Waals surface area contributed by atoms with E-state index in [0.717, 1.165) is 29.2 Å². The number of halogens is 1. The third-order valence-corrected chi connectivity index (χ3v) is 4.45. The van der Waals surface area contributed by atoms with E-state index in [4.69, 9.17) is 11.6 Å². The van der Waals surface area contributed by atoms with Crippen molar-refractivity contribution < 1.29 is 0 Å². The molecule has 5 heteroatoms. The number of fused-ring (bicyclic) bond motifs is 1. The number of hydrogen-bond acceptors (Lipinski definition) is 3. The van der Waals surface area contributed by atoms with Gasteiger partial charge in [-0.3, -0.25) is 4.68 Å². The summed E-state index contributed by atoms with van der Waals surface area (Å²) in [4.78, 5) is 2.02. The van der Waals surface area contributed by atoms with Gasteiger partial charge in [0.05, 0.1) is 22.9 Å². The molecule has 1 N–H and O–H groups in total. The Bertz CT molecular complexity index is 648. The van der Waals surface area contributed by atoms with Crippen LogP contribution in [0.4, 0.5) is 11.4 Å². The van der Waals surface area contributed by atoms with E-state index in [9.17, 15) is 0 Å². The van der Waals surface area contributed by atoms with Crippen molar-refractivity contribution >= 4 is 23.0 Å². The fraction of sp³-hybridized carbons (Fsp3) is 0.438. The van der Waals surface area contributed by atoms with Gasteiger partial charge in [-0.2, -0.15) is 5.10 Å². The van der Waals surface area contributed by atoms with Crippen molar-refractivity contribution in [1.82, 2.24) is 9.78 Å². The summed E-state index contributed by atoms with van der Waals surface area (Å²) in [6.07, 6.45) is 5.42. The highest BCUT2D eigenvalue weighted by Crippen LogP contribution is 2.34. The molecule has 112 valence electrons. The van der Waals surface area contributed by atoms with Crippen LogP contribution in [0.15, 0.2) is 24.4 Å². The van der Waals surface area contributed by atoms with Crippen molar-refractivity contribution in [2.45, 2.75) is 25.3 Å². The van der Waals surface area contributed by atoms with Crippen LogP contribution in [0.2, 0.25) is 5.02 Å². The summed E-state index contributed by atoms with van der Waals surface area (Å²) in [6, 6.07) is 6.47. The van der Waals surface area contributed by atoms with E-state index in [2.05, 4.69) is 22.5 Å². The summed E-state index contributed by atoms with van der Waals surface area (Å²) in [5, 5.41) is 8.76. The average molecular weight is 305 g/mol. The maximum absolute atomic E-state index is 6.35. The van der Waals surface area contributed by atoms with Gasteiger partial charge in [-0.15, -0.1) is 0 Å². The molecule has 2 aromatic rings. The van der Waals surface area contributed by atoms with E-state index >= 15 is 0 Å². The number of aromatic nitrogens is 2. The quantitative estimate of drug-likeness (QED) is 0.940. The molecular weight excluding hydrogens is 284 g/mol. The molecule has 0 amide bonds. The molecule has 0 bridgehead atoms. The van der Waals surface area contributed by atoms with Crippen molar-refractivity contribution in [3.8, 4) is 0 Å². The van der Waals surface area contributed by atoms with Crippen molar-refractivity contribution in [3.05, 3.63) is 40.7 Å². The first-order chi connectivity index (χ1) is 10.1. The molecule has 0 fully saturated rings. The van der Waals surface area contributed by atoms with E-state index in [1.54, 1.807) is 0 Å². The lowest BCUT2D eigenvalue weighted by molar-refractivity contribution is 0.571. The van der Waals surface area contributed by atoms with E-state index in [-0.39, 0.29) is 0 Å². The molecule has 0 spiro atoms. The molecule has 1 atom stereocenters. The van der Waals surface area contributed by atoms with E-state index < -0.39 is 0 Å². The fourth-order valence-electron chi connectivity index (χ4n) is 3.02. The van der Waals surface area contributed by atoms with Gasteiger partial charge in [-0.1, -0.05) is 11.6 Å². The summed E-state index contributed by atoms with van der Waals surface area (Å²) in [7, 11) is 6.01. The van der Waals surface area contributed by atoms with Gasteiger partial charge in [-0.05, 0) is 37.5 Å². The summed E-state index contributed by atoms with van der Waals surface area (Å²) >= 11 is 6.35. The highest BCUT2D eigenvalue weighted by Gasteiger charge is 2.23. The second kappa shape index (κ2) is 5.60. The first kappa shape index (κ1) is 14.3. The highest BCUT2D eigenvalue weighted by molar-refractivity contribution is 6.33. The zero-order valence-corrected chi connectivity index (χ0v) is 13.5. The van der Waals surface area contributed by atoms with Crippen LogP contribution in [0, 0.1) is 0 Å². The molecule has 21 heavy (non-hydrogen) atoms. The number of benzene rings is 1. The van der Waals surface area contributed by atoms with Crippen LogP contribution in [0.1, 0.15) is 30.1 Å². The third-order valence-electron chi connectivity index (χ3n) is 4.15. The molecule has 1 aromatic carbocycles. The monoisotopic (exact) mass is 304 g/mol. The summed E-state index contributed by atoms with van der Waals surface area (Å²) in [5.74, 6) is 0. The highest BCUT2D eigenvalue weighted by atomic mass is 35.5. The van der Waals surface area contributed by atoms with E-state index in [1.165, 1.54) is 17.7 Å². The van der Waals surface area contributed by atoms with Crippen LogP contribution in [0.5, 0.6) is 0 Å². The Morgan fingerprint density at radius 2 is 2.19 bits per heavy atom. The van der Waals surface area contributed by atoms with Crippen LogP contribution in [0.3, 0.4) is 0 Å². The Kier molecular flexibility index (Phi) is 3.81. The van der Waals surface area contributed by atoms with Gasteiger partial charge < -0.3 is 10.2 Å². The van der Waals surface area contributed by atoms with E-state index in [1.807, 2.05) is 43.0 Å². The van der Waals surface area contributed by atoms with Crippen LogP contribution < -0.4 is 10.2 Å². The second-order valence-corrected chi connectivity index (χ2v) is 6.23. The molecule has 1 unspecified atom stereocenters. The van der Waals surface area contributed by atoms with Gasteiger partial charge in [0.2, 0.25) is 0 Å². The average Bonchev–Trinajstić information content (AvgIpc) is 2.81. The number of aryl methyl sites for hydroxylation is 1. The number of nitrogens with one attached hydrogen (secondary N) is 1. The van der Waals surface area contributed by atoms with Crippen LogP contribution in [-0.2, 0) is 13.5 Å². The molecule has 3 rings (SSSR count). The van der Waals surface area contributed by atoms with Gasteiger partial charge >= 0.3 is 0 Å². The maximum Gasteiger partial charge on any atom is 0.0659 e. The molecule has 1 aliphatic rings. The standard InChI is InChI=1S/C16H21ClN4/c1-20(2)16-8-7-11(9-13(16)17)19-14-5-4-6-15-12(14)10-18-21(15)3/h7-10,14,19H,4-6H2,1-3H3. The van der Waals surface area contributed by atoms with Crippen LogP contribution in [-0.4, -0.2) is 23.9 Å². The molecule has 0 saturated heterocycles. The normalized spacial score (nSPS) is 17.4. The fourth-order valence-corrected chi connectivity index (χ4v) is 3.37. The minimum Gasteiger partial charge on any atom is -0.378 e. The smallest absolute Gasteiger partial charge is 0.0659 e. The summed E-state index contributed by atoms with van der Waals surface area (Å²) in [5.41, 5.74) is 4.76.